The molecule has 9 heteroatoms. The van der Waals surface area contributed by atoms with Crippen molar-refractivity contribution >= 4 is 16.0 Å². The van der Waals surface area contributed by atoms with Crippen LogP contribution in [0.2, 0.25) is 0 Å². The zero-order chi connectivity index (χ0) is 20.3. The van der Waals surface area contributed by atoms with Crippen molar-refractivity contribution in [2.24, 2.45) is 0 Å². The molecule has 1 aliphatic heterocycles. The molecule has 1 atom stereocenters. The average Bonchev–Trinajstić information content (AvgIpc) is 3.11. The predicted octanol–water partition coefficient (Wildman–Crippen LogP) is 2.91. The molecule has 0 saturated carbocycles. The predicted molar refractivity (Wildman–Crippen MR) is 101 cm³/mol. The summed E-state index contributed by atoms with van der Waals surface area (Å²) in [5, 5.41) is 3.76. The van der Waals surface area contributed by atoms with Gasteiger partial charge in [0.2, 0.25) is 10.0 Å². The first-order valence-electron chi connectivity index (χ1n) is 9.12. The van der Waals surface area contributed by atoms with E-state index in [9.17, 15) is 13.2 Å². The lowest BCUT2D eigenvalue weighted by molar-refractivity contribution is 0.0464. The fourth-order valence-corrected chi connectivity index (χ4v) is 5.15. The Kier molecular flexibility index (Phi) is 6.04. The Morgan fingerprint density at radius 3 is 2.75 bits per heavy atom. The molecule has 0 unspecified atom stereocenters. The summed E-state index contributed by atoms with van der Waals surface area (Å²) < 4.78 is 43.3. The number of carbonyl (C=O) groups excluding carboxylic acids is 1. The Hall–Kier alpha value is -2.39. The Morgan fingerprint density at radius 1 is 1.32 bits per heavy atom. The minimum Gasteiger partial charge on any atom is -0.495 e. The number of aryl methyl sites for hydroxylation is 1. The van der Waals surface area contributed by atoms with E-state index in [0.717, 1.165) is 19.3 Å². The molecule has 2 aromatic rings. The van der Waals surface area contributed by atoms with Crippen LogP contribution in [0.25, 0.3) is 0 Å². The second-order valence-corrected chi connectivity index (χ2v) is 8.69. The summed E-state index contributed by atoms with van der Waals surface area (Å²) in [4.78, 5) is 12.4. The highest BCUT2D eigenvalue weighted by Crippen LogP contribution is 2.31. The lowest BCUT2D eigenvalue weighted by Crippen LogP contribution is -2.42. The van der Waals surface area contributed by atoms with Crippen LogP contribution in [0, 0.1) is 6.92 Å². The maximum atomic E-state index is 13.2. The molecule has 152 valence electrons. The van der Waals surface area contributed by atoms with E-state index in [0.29, 0.717) is 18.0 Å². The standard InChI is InChI=1S/C19H24N2O6S/c1-13-6-4-5-9-21(13)28(23,24)18-11-15(7-8-17(18)25-3)19(22)26-12-16-10-14(2)27-20-16/h7-8,10-11,13H,4-6,9,12H2,1-3H3/t13-/m1/s1. The number of sulfonamides is 1. The number of carbonyl (C=O) groups is 1. The third-order valence-corrected chi connectivity index (χ3v) is 6.79. The number of nitrogens with zero attached hydrogens (tertiary/aromatic N) is 2. The van der Waals surface area contributed by atoms with Crippen LogP contribution in [-0.4, -0.2) is 43.5 Å². The molecule has 2 heterocycles. The smallest absolute Gasteiger partial charge is 0.338 e. The Morgan fingerprint density at radius 2 is 2.11 bits per heavy atom. The molecule has 0 N–H and O–H groups in total. The summed E-state index contributed by atoms with van der Waals surface area (Å²) in [7, 11) is -2.40. The molecule has 3 rings (SSSR count). The van der Waals surface area contributed by atoms with Crippen LogP contribution in [0.4, 0.5) is 0 Å². The number of rotatable bonds is 6. The van der Waals surface area contributed by atoms with Crippen LogP contribution in [0.3, 0.4) is 0 Å². The van der Waals surface area contributed by atoms with Crippen LogP contribution in [0.5, 0.6) is 5.75 Å². The van der Waals surface area contributed by atoms with Crippen LogP contribution >= 0.6 is 0 Å². The molecule has 28 heavy (non-hydrogen) atoms. The first-order valence-corrected chi connectivity index (χ1v) is 10.6. The van der Waals surface area contributed by atoms with Gasteiger partial charge in [-0.15, -0.1) is 0 Å². The fourth-order valence-electron chi connectivity index (χ4n) is 3.27. The maximum Gasteiger partial charge on any atom is 0.338 e. The van der Waals surface area contributed by atoms with E-state index in [1.54, 1.807) is 13.0 Å². The van der Waals surface area contributed by atoms with Gasteiger partial charge in [0.15, 0.2) is 0 Å². The molecule has 0 spiro atoms. The number of ether oxygens (including phenoxy) is 2. The van der Waals surface area contributed by atoms with Crippen LogP contribution < -0.4 is 4.74 Å². The SMILES string of the molecule is COc1ccc(C(=O)OCc2cc(C)on2)cc1S(=O)(=O)N1CCCC[C@H]1C. The quantitative estimate of drug-likeness (QED) is 0.678. The molecule has 8 nitrogen and oxygen atoms in total. The fraction of sp³-hybridized carbons (Fsp3) is 0.474. The lowest BCUT2D eigenvalue weighted by Gasteiger charge is -2.32. The summed E-state index contributed by atoms with van der Waals surface area (Å²) >= 11 is 0. The number of hydrogen-bond acceptors (Lipinski definition) is 7. The van der Waals surface area contributed by atoms with Gasteiger partial charge in [-0.2, -0.15) is 4.31 Å². The highest BCUT2D eigenvalue weighted by molar-refractivity contribution is 7.89. The zero-order valence-corrected chi connectivity index (χ0v) is 17.0. The monoisotopic (exact) mass is 408 g/mol. The van der Waals surface area contributed by atoms with Crippen molar-refractivity contribution < 1.29 is 27.2 Å². The van der Waals surface area contributed by atoms with Crippen molar-refractivity contribution in [1.29, 1.82) is 0 Å². The van der Waals surface area contributed by atoms with Crippen molar-refractivity contribution in [2.45, 2.75) is 50.7 Å². The van der Waals surface area contributed by atoms with Gasteiger partial charge in [-0.25, -0.2) is 13.2 Å². The van der Waals surface area contributed by atoms with E-state index in [1.165, 1.54) is 29.6 Å². The topological polar surface area (TPSA) is 98.9 Å². The van der Waals surface area contributed by atoms with Crippen molar-refractivity contribution in [2.75, 3.05) is 13.7 Å². The van der Waals surface area contributed by atoms with Crippen molar-refractivity contribution in [3.8, 4) is 5.75 Å². The summed E-state index contributed by atoms with van der Waals surface area (Å²) in [5.41, 5.74) is 0.610. The van der Waals surface area contributed by atoms with Gasteiger partial charge >= 0.3 is 5.97 Å². The minimum absolute atomic E-state index is 0.0320. The van der Waals surface area contributed by atoms with Gasteiger partial charge < -0.3 is 14.0 Å². The first kappa shape index (κ1) is 20.3. The Balaban J connectivity index is 1.85. The number of esters is 1. The molecule has 1 saturated heterocycles. The number of benzene rings is 1. The largest absolute Gasteiger partial charge is 0.495 e. The van der Waals surface area contributed by atoms with E-state index in [2.05, 4.69) is 5.16 Å². The highest BCUT2D eigenvalue weighted by atomic mass is 32.2. The van der Waals surface area contributed by atoms with E-state index in [1.807, 2.05) is 6.92 Å². The average molecular weight is 408 g/mol. The maximum absolute atomic E-state index is 13.2. The molecule has 0 amide bonds. The van der Waals surface area contributed by atoms with E-state index < -0.39 is 16.0 Å². The molecule has 0 bridgehead atoms. The lowest BCUT2D eigenvalue weighted by atomic mass is 10.1. The first-order chi connectivity index (χ1) is 13.3. The van der Waals surface area contributed by atoms with Crippen molar-refractivity contribution in [3.05, 3.63) is 41.3 Å². The van der Waals surface area contributed by atoms with Crippen LogP contribution in [0.15, 0.2) is 33.7 Å². The Labute approximate surface area is 164 Å². The van der Waals surface area contributed by atoms with E-state index >= 15 is 0 Å². The second kappa shape index (κ2) is 8.32. The molecule has 0 aliphatic carbocycles. The third-order valence-electron chi connectivity index (χ3n) is 4.76. The van der Waals surface area contributed by atoms with Crippen molar-refractivity contribution in [1.82, 2.24) is 9.46 Å². The molecular formula is C19H24N2O6S. The highest BCUT2D eigenvalue weighted by Gasteiger charge is 2.33. The summed E-state index contributed by atoms with van der Waals surface area (Å²) in [5.74, 6) is 0.160. The number of methoxy groups -OCH3 is 1. The minimum atomic E-state index is -3.80. The van der Waals surface area contributed by atoms with E-state index in [-0.39, 0.29) is 28.9 Å². The molecule has 1 aromatic heterocycles. The summed E-state index contributed by atoms with van der Waals surface area (Å²) in [6, 6.07) is 5.82. The van der Waals surface area contributed by atoms with Crippen molar-refractivity contribution in [3.63, 3.8) is 0 Å². The Bertz CT molecular complexity index is 953. The number of aromatic nitrogens is 1. The molecule has 1 fully saturated rings. The number of piperidine rings is 1. The normalized spacial score (nSPS) is 18.0. The number of hydrogen-bond donors (Lipinski definition) is 0. The molecule has 1 aliphatic rings. The van der Waals surface area contributed by atoms with Gasteiger partial charge in [-0.3, -0.25) is 0 Å². The van der Waals surface area contributed by atoms with Crippen LogP contribution in [-0.2, 0) is 21.4 Å². The van der Waals surface area contributed by atoms with Crippen LogP contribution in [0.1, 0.15) is 48.0 Å². The summed E-state index contributed by atoms with van der Waals surface area (Å²) in [6.45, 7) is 4.02. The molecule has 1 aromatic carbocycles. The van der Waals surface area contributed by atoms with Gasteiger partial charge in [0.05, 0.1) is 12.7 Å². The van der Waals surface area contributed by atoms with Gasteiger partial charge in [-0.1, -0.05) is 11.6 Å². The molecular weight excluding hydrogens is 384 g/mol. The second-order valence-electron chi connectivity index (χ2n) is 6.83. The third kappa shape index (κ3) is 4.20. The zero-order valence-electron chi connectivity index (χ0n) is 16.2. The van der Waals surface area contributed by atoms with E-state index in [4.69, 9.17) is 14.0 Å². The van der Waals surface area contributed by atoms with Gasteiger partial charge in [0.25, 0.3) is 0 Å². The van der Waals surface area contributed by atoms with Gasteiger partial charge in [0, 0.05) is 18.7 Å². The molecule has 0 radical (unpaired) electrons. The summed E-state index contributed by atoms with van der Waals surface area (Å²) in [6.07, 6.45) is 2.61. The van der Waals surface area contributed by atoms with Gasteiger partial charge in [0.1, 0.15) is 28.7 Å². The van der Waals surface area contributed by atoms with Gasteiger partial charge in [-0.05, 0) is 44.9 Å².